The molecule has 0 saturated carbocycles. The third kappa shape index (κ3) is 3.34. The van der Waals surface area contributed by atoms with Crippen LogP contribution < -0.4 is 17.2 Å². The average molecular weight is 285 g/mol. The van der Waals surface area contributed by atoms with Crippen LogP contribution in [0.15, 0.2) is 22.1 Å². The molecule has 0 radical (unpaired) electrons. The van der Waals surface area contributed by atoms with Gasteiger partial charge in [0.2, 0.25) is 11.8 Å². The first kappa shape index (κ1) is 14.7. The lowest BCUT2D eigenvalue weighted by atomic mass is 10.2. The largest absolute Gasteiger partial charge is 0.370 e. The van der Waals surface area contributed by atoms with Gasteiger partial charge in [0.05, 0.1) is 15.9 Å². The molecule has 0 spiro atoms. The molecule has 20 heavy (non-hydrogen) atoms. The highest BCUT2D eigenvalue weighted by Gasteiger charge is 2.24. The molecule has 0 unspecified atom stereocenters. The van der Waals surface area contributed by atoms with Gasteiger partial charge in [-0.3, -0.25) is 20.2 Å². The van der Waals surface area contributed by atoms with E-state index in [1.165, 1.54) is 0 Å². The van der Waals surface area contributed by atoms with E-state index in [0.29, 0.717) is 12.1 Å². The summed E-state index contributed by atoms with van der Waals surface area (Å²) in [5.41, 5.74) is 12.8. The van der Waals surface area contributed by atoms with Crippen LogP contribution in [0.2, 0.25) is 0 Å². The lowest BCUT2D eigenvalue weighted by molar-refractivity contribution is -0.395. The Bertz CT molecular complexity index is 638. The average Bonchev–Trinajstić information content (AvgIpc) is 2.26. The van der Waals surface area contributed by atoms with Gasteiger partial charge in [0.15, 0.2) is 5.96 Å². The molecule has 0 aromatic heterocycles. The van der Waals surface area contributed by atoms with Crippen LogP contribution in [0.3, 0.4) is 0 Å². The van der Waals surface area contributed by atoms with Crippen LogP contribution in [-0.2, 0) is 0 Å². The highest BCUT2D eigenvalue weighted by atomic mass is 19.1. The van der Waals surface area contributed by atoms with Gasteiger partial charge in [0.25, 0.3) is 0 Å². The second-order valence-electron chi connectivity index (χ2n) is 3.31. The van der Waals surface area contributed by atoms with Gasteiger partial charge in [-0.25, -0.2) is 4.99 Å². The van der Waals surface area contributed by atoms with Crippen LogP contribution in [0.5, 0.6) is 0 Å². The summed E-state index contributed by atoms with van der Waals surface area (Å²) in [5, 5.41) is 21.3. The Kier molecular flexibility index (Phi) is 4.10. The first-order chi connectivity index (χ1) is 9.22. The van der Waals surface area contributed by atoms with Crippen LogP contribution in [0.1, 0.15) is 0 Å². The molecule has 0 aliphatic heterocycles. The van der Waals surface area contributed by atoms with Crippen molar-refractivity contribution in [1.82, 2.24) is 0 Å². The second-order valence-corrected chi connectivity index (χ2v) is 3.31. The van der Waals surface area contributed by atoms with Gasteiger partial charge in [-0.2, -0.15) is 9.38 Å². The number of nitrogens with zero attached hydrogens (tertiary/aromatic N) is 4. The SMILES string of the molecule is NC(N)=NC(N)=Nc1cc(F)c([N+](=O)[O-])cc1[N+](=O)[O-]. The molecule has 0 atom stereocenters. The Hall–Kier alpha value is -3.31. The molecular formula is C8H8FN7O4. The Morgan fingerprint density at radius 1 is 1.10 bits per heavy atom. The van der Waals surface area contributed by atoms with Crippen LogP contribution in [0.25, 0.3) is 0 Å². The van der Waals surface area contributed by atoms with E-state index in [1.807, 2.05) is 0 Å². The van der Waals surface area contributed by atoms with Crippen molar-refractivity contribution in [2.24, 2.45) is 27.2 Å². The standard InChI is InChI=1S/C8H8FN7O4/c9-3-1-4(13-8(12)14-7(10)11)6(16(19)20)2-5(3)15(17)18/h1-2H,(H6,10,11,12,13,14). The highest BCUT2D eigenvalue weighted by molar-refractivity contribution is 5.94. The maximum atomic E-state index is 13.4. The summed E-state index contributed by atoms with van der Waals surface area (Å²) in [6, 6.07) is 0.919. The Labute approximate surface area is 109 Å². The molecule has 0 fully saturated rings. The van der Waals surface area contributed by atoms with Crippen molar-refractivity contribution < 1.29 is 14.2 Å². The minimum Gasteiger partial charge on any atom is -0.370 e. The van der Waals surface area contributed by atoms with Crippen molar-refractivity contribution in [3.8, 4) is 0 Å². The third-order valence-electron chi connectivity index (χ3n) is 1.92. The van der Waals surface area contributed by atoms with Gasteiger partial charge < -0.3 is 17.2 Å². The smallest absolute Gasteiger partial charge is 0.311 e. The lowest BCUT2D eigenvalue weighted by Gasteiger charge is -2.00. The predicted molar refractivity (Wildman–Crippen MR) is 66.8 cm³/mol. The minimum absolute atomic E-state index is 0.428. The molecule has 0 aliphatic rings. The van der Waals surface area contributed by atoms with Crippen molar-refractivity contribution >= 4 is 29.0 Å². The number of nitrogens with two attached hydrogens (primary N) is 3. The summed E-state index contributed by atoms with van der Waals surface area (Å²) in [5.74, 6) is -2.34. The molecule has 0 saturated heterocycles. The van der Waals surface area contributed by atoms with Crippen LogP contribution in [-0.4, -0.2) is 21.8 Å². The fraction of sp³-hybridized carbons (Fsp3) is 0. The summed E-state index contributed by atoms with van der Waals surface area (Å²) in [6.45, 7) is 0. The number of nitro benzene ring substituents is 2. The zero-order chi connectivity index (χ0) is 15.4. The van der Waals surface area contributed by atoms with E-state index in [4.69, 9.17) is 17.2 Å². The number of aliphatic imine (C=N–C) groups is 2. The number of hydrogen-bond acceptors (Lipinski definition) is 5. The van der Waals surface area contributed by atoms with Crippen LogP contribution >= 0.6 is 0 Å². The van der Waals surface area contributed by atoms with Crippen molar-refractivity contribution in [1.29, 1.82) is 0 Å². The van der Waals surface area contributed by atoms with E-state index >= 15 is 0 Å². The van der Waals surface area contributed by atoms with Gasteiger partial charge in [-0.1, -0.05) is 0 Å². The molecule has 1 aromatic carbocycles. The molecule has 0 amide bonds. The highest BCUT2D eigenvalue weighted by Crippen LogP contribution is 2.33. The minimum atomic E-state index is -1.31. The van der Waals surface area contributed by atoms with E-state index in [1.54, 1.807) is 0 Å². The Morgan fingerprint density at radius 3 is 2.10 bits per heavy atom. The maximum absolute atomic E-state index is 13.4. The van der Waals surface area contributed by atoms with E-state index in [0.717, 1.165) is 0 Å². The number of rotatable bonds is 3. The van der Waals surface area contributed by atoms with E-state index in [-0.39, 0.29) is 0 Å². The molecule has 0 bridgehead atoms. The summed E-state index contributed by atoms with van der Waals surface area (Å²) in [7, 11) is 0. The van der Waals surface area contributed by atoms with Gasteiger partial charge in [0, 0.05) is 6.07 Å². The van der Waals surface area contributed by atoms with Crippen LogP contribution in [0.4, 0.5) is 21.5 Å². The van der Waals surface area contributed by atoms with Crippen molar-refractivity contribution in [2.75, 3.05) is 0 Å². The van der Waals surface area contributed by atoms with E-state index < -0.39 is 44.6 Å². The molecule has 1 aromatic rings. The van der Waals surface area contributed by atoms with Gasteiger partial charge in [0.1, 0.15) is 5.69 Å². The molecule has 6 N–H and O–H groups in total. The number of hydrogen-bond donors (Lipinski definition) is 3. The van der Waals surface area contributed by atoms with E-state index in [9.17, 15) is 24.6 Å². The third-order valence-corrected chi connectivity index (χ3v) is 1.92. The molecule has 11 nitrogen and oxygen atoms in total. The second kappa shape index (κ2) is 5.55. The summed E-state index contributed by atoms with van der Waals surface area (Å²) in [6.07, 6.45) is 0. The number of nitro groups is 2. The zero-order valence-corrected chi connectivity index (χ0v) is 9.69. The lowest BCUT2D eigenvalue weighted by Crippen LogP contribution is -2.26. The van der Waals surface area contributed by atoms with Gasteiger partial charge in [-0.05, 0) is 0 Å². The summed E-state index contributed by atoms with van der Waals surface area (Å²) < 4.78 is 13.4. The Morgan fingerprint density at radius 2 is 1.65 bits per heavy atom. The summed E-state index contributed by atoms with van der Waals surface area (Å²) in [4.78, 5) is 25.9. The number of guanidine groups is 2. The fourth-order valence-corrected chi connectivity index (χ4v) is 1.20. The zero-order valence-electron chi connectivity index (χ0n) is 9.69. The van der Waals surface area contributed by atoms with Gasteiger partial charge >= 0.3 is 11.4 Å². The van der Waals surface area contributed by atoms with Crippen molar-refractivity contribution in [2.45, 2.75) is 0 Å². The number of halogens is 1. The summed E-state index contributed by atoms with van der Waals surface area (Å²) >= 11 is 0. The normalized spacial score (nSPS) is 10.9. The van der Waals surface area contributed by atoms with Crippen molar-refractivity contribution in [3.05, 3.63) is 38.2 Å². The molecule has 0 heterocycles. The molecular weight excluding hydrogens is 277 g/mol. The predicted octanol–water partition coefficient (Wildman–Crippen LogP) is -0.138. The maximum Gasteiger partial charge on any atom is 0.311 e. The van der Waals surface area contributed by atoms with Gasteiger partial charge in [-0.15, -0.1) is 0 Å². The molecule has 1 rings (SSSR count). The monoisotopic (exact) mass is 285 g/mol. The first-order valence-corrected chi connectivity index (χ1v) is 4.78. The van der Waals surface area contributed by atoms with Crippen molar-refractivity contribution in [3.63, 3.8) is 0 Å². The van der Waals surface area contributed by atoms with E-state index in [2.05, 4.69) is 9.98 Å². The molecule has 12 heteroatoms. The topological polar surface area (TPSA) is 189 Å². The first-order valence-electron chi connectivity index (χ1n) is 4.78. The molecule has 0 aliphatic carbocycles. The molecule has 106 valence electrons. The quantitative estimate of drug-likeness (QED) is 0.298. The Balaban J connectivity index is 3.47. The fourth-order valence-electron chi connectivity index (χ4n) is 1.20. The number of benzene rings is 1. The van der Waals surface area contributed by atoms with Crippen LogP contribution in [0, 0.1) is 26.0 Å².